The molecule has 1 aromatic heterocycles. The lowest BCUT2D eigenvalue weighted by Crippen LogP contribution is -2.30. The molecule has 1 aromatic rings. The summed E-state index contributed by atoms with van der Waals surface area (Å²) < 4.78 is 0. The van der Waals surface area contributed by atoms with Crippen LogP contribution in [0.2, 0.25) is 0 Å². The molecule has 5 heteroatoms. The first-order chi connectivity index (χ1) is 7.18. The topological polar surface area (TPSA) is 42.0 Å². The van der Waals surface area contributed by atoms with Gasteiger partial charge in [-0.15, -0.1) is 11.3 Å². The molecule has 1 unspecified atom stereocenters. The van der Waals surface area contributed by atoms with Crippen molar-refractivity contribution in [3.05, 3.63) is 15.6 Å². The number of hydrogen-bond donors (Lipinski definition) is 1. The zero-order valence-electron chi connectivity index (χ0n) is 8.87. The minimum atomic E-state index is 0.125. The van der Waals surface area contributed by atoms with Crippen LogP contribution >= 0.6 is 23.1 Å². The molecule has 1 atom stereocenters. The lowest BCUT2D eigenvalue weighted by atomic mass is 10.3. The molecule has 0 aromatic carbocycles. The van der Waals surface area contributed by atoms with E-state index >= 15 is 0 Å². The van der Waals surface area contributed by atoms with Gasteiger partial charge in [0.2, 0.25) is 0 Å². The molecule has 82 valence electrons. The third kappa shape index (κ3) is 2.41. The molecule has 3 nitrogen and oxygen atoms in total. The lowest BCUT2D eigenvalue weighted by molar-refractivity contribution is 0.102. The van der Waals surface area contributed by atoms with Crippen LogP contribution in [0.3, 0.4) is 0 Å². The van der Waals surface area contributed by atoms with Gasteiger partial charge in [-0.3, -0.25) is 4.79 Å². The largest absolute Gasteiger partial charge is 0.306 e. The summed E-state index contributed by atoms with van der Waals surface area (Å²) in [5, 5.41) is 4.49. The number of thioether (sulfide) groups is 1. The molecule has 0 amide bonds. The van der Waals surface area contributed by atoms with Crippen LogP contribution in [0.4, 0.5) is 0 Å². The molecule has 0 aliphatic carbocycles. The Morgan fingerprint density at radius 2 is 2.40 bits per heavy atom. The van der Waals surface area contributed by atoms with E-state index in [0.717, 1.165) is 27.9 Å². The summed E-state index contributed by atoms with van der Waals surface area (Å²) >= 11 is 3.48. The standard InChI is InChI=1S/C10H14N2OS2/c1-6-9(7(2)13)15-10(12-6)8-5-14-4-3-11-8/h8,11H,3-5H2,1-2H3. The van der Waals surface area contributed by atoms with Gasteiger partial charge in [0, 0.05) is 25.0 Å². The second kappa shape index (κ2) is 4.63. The molecule has 0 bridgehead atoms. The summed E-state index contributed by atoms with van der Waals surface area (Å²) in [7, 11) is 0. The fraction of sp³-hybridized carbons (Fsp3) is 0.600. The summed E-state index contributed by atoms with van der Waals surface area (Å²) in [6.07, 6.45) is 0. The average molecular weight is 242 g/mol. The summed E-state index contributed by atoms with van der Waals surface area (Å²) in [6, 6.07) is 0.334. The van der Waals surface area contributed by atoms with Crippen molar-refractivity contribution in [1.82, 2.24) is 10.3 Å². The molecule has 1 saturated heterocycles. The lowest BCUT2D eigenvalue weighted by Gasteiger charge is -2.20. The highest BCUT2D eigenvalue weighted by Crippen LogP contribution is 2.28. The minimum Gasteiger partial charge on any atom is -0.306 e. The van der Waals surface area contributed by atoms with Crippen LogP contribution in [0.5, 0.6) is 0 Å². The number of Topliss-reactive ketones (excluding diaryl/α,β-unsaturated/α-hetero) is 1. The highest BCUT2D eigenvalue weighted by atomic mass is 32.2. The number of aryl methyl sites for hydroxylation is 1. The number of nitrogens with zero attached hydrogens (tertiary/aromatic N) is 1. The van der Waals surface area contributed by atoms with Crippen molar-refractivity contribution in [3.8, 4) is 0 Å². The quantitative estimate of drug-likeness (QED) is 0.806. The molecule has 1 fully saturated rings. The van der Waals surface area contributed by atoms with Crippen molar-refractivity contribution >= 4 is 28.9 Å². The normalized spacial score (nSPS) is 21.6. The third-order valence-corrected chi connectivity index (χ3v) is 4.79. The number of carbonyl (C=O) groups is 1. The fourth-order valence-corrected chi connectivity index (χ4v) is 3.70. The van der Waals surface area contributed by atoms with E-state index in [4.69, 9.17) is 0 Å². The zero-order chi connectivity index (χ0) is 10.8. The van der Waals surface area contributed by atoms with E-state index in [-0.39, 0.29) is 5.78 Å². The van der Waals surface area contributed by atoms with Crippen molar-refractivity contribution < 1.29 is 4.79 Å². The van der Waals surface area contributed by atoms with Gasteiger partial charge in [-0.1, -0.05) is 0 Å². The predicted molar refractivity (Wildman–Crippen MR) is 64.9 cm³/mol. The van der Waals surface area contributed by atoms with Crippen molar-refractivity contribution in [2.45, 2.75) is 19.9 Å². The summed E-state index contributed by atoms with van der Waals surface area (Å²) in [5.41, 5.74) is 0.875. The molecule has 1 N–H and O–H groups in total. The molecule has 1 aliphatic heterocycles. The fourth-order valence-electron chi connectivity index (χ4n) is 1.62. The van der Waals surface area contributed by atoms with Crippen LogP contribution in [0.25, 0.3) is 0 Å². The van der Waals surface area contributed by atoms with Crippen molar-refractivity contribution in [1.29, 1.82) is 0 Å². The van der Waals surface area contributed by atoms with Gasteiger partial charge in [-0.05, 0) is 6.92 Å². The molecule has 0 radical (unpaired) electrons. The number of rotatable bonds is 2. The molecule has 2 rings (SSSR count). The number of carbonyl (C=O) groups excluding carboxylic acids is 1. The molecule has 15 heavy (non-hydrogen) atoms. The predicted octanol–water partition coefficient (Wildman–Crippen LogP) is 2.03. The maximum atomic E-state index is 11.3. The van der Waals surface area contributed by atoms with Crippen LogP contribution in [-0.2, 0) is 0 Å². The van der Waals surface area contributed by atoms with E-state index in [1.165, 1.54) is 17.1 Å². The first-order valence-corrected chi connectivity index (χ1v) is 6.95. The summed E-state index contributed by atoms with van der Waals surface area (Å²) in [4.78, 5) is 16.6. The van der Waals surface area contributed by atoms with E-state index in [1.807, 2.05) is 18.7 Å². The molecule has 1 aliphatic rings. The summed E-state index contributed by atoms with van der Waals surface area (Å²) in [6.45, 7) is 4.55. The SMILES string of the molecule is CC(=O)c1sc(C2CSCCN2)nc1C. The smallest absolute Gasteiger partial charge is 0.171 e. The minimum absolute atomic E-state index is 0.125. The molecule has 0 saturated carbocycles. The van der Waals surface area contributed by atoms with Crippen molar-refractivity contribution in [3.63, 3.8) is 0 Å². The second-order valence-electron chi connectivity index (χ2n) is 3.60. The van der Waals surface area contributed by atoms with Gasteiger partial charge in [0.25, 0.3) is 0 Å². The highest BCUT2D eigenvalue weighted by molar-refractivity contribution is 7.99. The van der Waals surface area contributed by atoms with Gasteiger partial charge < -0.3 is 5.32 Å². The van der Waals surface area contributed by atoms with Gasteiger partial charge in [0.1, 0.15) is 5.01 Å². The number of nitrogens with one attached hydrogen (secondary N) is 1. The van der Waals surface area contributed by atoms with Crippen molar-refractivity contribution in [2.24, 2.45) is 0 Å². The Labute approximate surface area is 97.7 Å². The Morgan fingerprint density at radius 3 is 2.93 bits per heavy atom. The van der Waals surface area contributed by atoms with E-state index in [1.54, 1.807) is 6.92 Å². The Morgan fingerprint density at radius 1 is 1.60 bits per heavy atom. The first-order valence-electron chi connectivity index (χ1n) is 4.98. The van der Waals surface area contributed by atoms with E-state index in [0.29, 0.717) is 6.04 Å². The number of aromatic nitrogens is 1. The third-order valence-electron chi connectivity index (χ3n) is 2.35. The molecular formula is C10H14N2OS2. The van der Waals surface area contributed by atoms with Crippen LogP contribution in [-0.4, -0.2) is 28.8 Å². The molecular weight excluding hydrogens is 228 g/mol. The molecule has 2 heterocycles. The van der Waals surface area contributed by atoms with Gasteiger partial charge in [-0.25, -0.2) is 4.98 Å². The van der Waals surface area contributed by atoms with Crippen LogP contribution in [0.15, 0.2) is 0 Å². The number of thiazole rings is 1. The maximum absolute atomic E-state index is 11.3. The van der Waals surface area contributed by atoms with E-state index in [9.17, 15) is 4.79 Å². The maximum Gasteiger partial charge on any atom is 0.171 e. The van der Waals surface area contributed by atoms with E-state index in [2.05, 4.69) is 10.3 Å². The summed E-state index contributed by atoms with van der Waals surface area (Å²) in [5.74, 6) is 2.35. The van der Waals surface area contributed by atoms with Crippen LogP contribution in [0.1, 0.15) is 33.3 Å². The van der Waals surface area contributed by atoms with Crippen LogP contribution < -0.4 is 5.32 Å². The van der Waals surface area contributed by atoms with Crippen LogP contribution in [0, 0.1) is 6.92 Å². The average Bonchev–Trinajstić information content (AvgIpc) is 2.62. The highest BCUT2D eigenvalue weighted by Gasteiger charge is 2.21. The van der Waals surface area contributed by atoms with Gasteiger partial charge >= 0.3 is 0 Å². The van der Waals surface area contributed by atoms with E-state index < -0.39 is 0 Å². The number of hydrogen-bond acceptors (Lipinski definition) is 5. The second-order valence-corrected chi connectivity index (χ2v) is 5.78. The Balaban J connectivity index is 2.21. The zero-order valence-corrected chi connectivity index (χ0v) is 10.5. The number of ketones is 1. The molecule has 0 spiro atoms. The monoisotopic (exact) mass is 242 g/mol. The Hall–Kier alpha value is -0.390. The van der Waals surface area contributed by atoms with Crippen molar-refractivity contribution in [2.75, 3.05) is 18.1 Å². The first kappa shape index (κ1) is 11.1. The van der Waals surface area contributed by atoms with Gasteiger partial charge in [-0.2, -0.15) is 11.8 Å². The Bertz CT molecular complexity index is 369. The Kier molecular flexibility index (Phi) is 3.43. The van der Waals surface area contributed by atoms with Gasteiger partial charge in [0.15, 0.2) is 5.78 Å². The van der Waals surface area contributed by atoms with Gasteiger partial charge in [0.05, 0.1) is 16.6 Å².